The lowest BCUT2D eigenvalue weighted by Crippen LogP contribution is -1.98. The van der Waals surface area contributed by atoms with E-state index in [1.165, 1.54) is 0 Å². The molecule has 0 aliphatic heterocycles. The van der Waals surface area contributed by atoms with E-state index in [-0.39, 0.29) is 0 Å². The third-order valence-corrected chi connectivity index (χ3v) is 2.40. The summed E-state index contributed by atoms with van der Waals surface area (Å²) >= 11 is 0. The molecule has 3 heteroatoms. The molecule has 74 valence electrons. The Morgan fingerprint density at radius 2 is 2.33 bits per heavy atom. The van der Waals surface area contributed by atoms with Crippen LogP contribution >= 0.6 is 0 Å². The van der Waals surface area contributed by atoms with Crippen LogP contribution in [0, 0.1) is 11.3 Å². The Hall–Kier alpha value is -2.08. The van der Waals surface area contributed by atoms with Gasteiger partial charge in [-0.05, 0) is 18.1 Å². The first-order chi connectivity index (χ1) is 7.36. The Morgan fingerprint density at radius 3 is 2.93 bits per heavy atom. The molecule has 15 heavy (non-hydrogen) atoms. The molecule has 0 atom stereocenters. The van der Waals surface area contributed by atoms with E-state index in [0.29, 0.717) is 0 Å². The molecule has 0 aliphatic rings. The fraction of sp³-hybridized carbons (Fsp3) is 0.167. The quantitative estimate of drug-likeness (QED) is 0.741. The highest BCUT2D eigenvalue weighted by molar-refractivity contribution is 5.53. The van der Waals surface area contributed by atoms with Gasteiger partial charge in [0.1, 0.15) is 6.07 Å². The van der Waals surface area contributed by atoms with Gasteiger partial charge in [-0.15, -0.1) is 0 Å². The Labute approximate surface area is 88.6 Å². The van der Waals surface area contributed by atoms with Gasteiger partial charge in [-0.25, -0.2) is 4.98 Å². The van der Waals surface area contributed by atoms with Crippen LogP contribution in [0.5, 0.6) is 0 Å². The molecule has 2 aromatic rings. The van der Waals surface area contributed by atoms with E-state index in [0.717, 1.165) is 23.2 Å². The minimum atomic E-state index is 0.734. The van der Waals surface area contributed by atoms with Gasteiger partial charge in [0, 0.05) is 12.4 Å². The van der Waals surface area contributed by atoms with Crippen LogP contribution in [0.1, 0.15) is 18.1 Å². The van der Waals surface area contributed by atoms with E-state index in [1.54, 1.807) is 12.5 Å². The van der Waals surface area contributed by atoms with E-state index in [1.807, 2.05) is 35.9 Å². The van der Waals surface area contributed by atoms with Crippen molar-refractivity contribution in [1.82, 2.24) is 9.55 Å². The molecule has 0 unspecified atom stereocenters. The van der Waals surface area contributed by atoms with Gasteiger partial charge in [0.2, 0.25) is 0 Å². The van der Waals surface area contributed by atoms with Gasteiger partial charge in [-0.2, -0.15) is 5.26 Å². The zero-order chi connectivity index (χ0) is 10.7. The van der Waals surface area contributed by atoms with Gasteiger partial charge < -0.3 is 4.57 Å². The molecule has 0 saturated carbocycles. The van der Waals surface area contributed by atoms with E-state index >= 15 is 0 Å². The molecule has 1 heterocycles. The molecule has 1 aromatic heterocycles. The molecule has 0 bridgehead atoms. The summed E-state index contributed by atoms with van der Waals surface area (Å²) in [5.74, 6) is 0. The van der Waals surface area contributed by atoms with Crippen LogP contribution < -0.4 is 0 Å². The zero-order valence-corrected chi connectivity index (χ0v) is 8.51. The lowest BCUT2D eigenvalue weighted by molar-refractivity contribution is 1.03. The summed E-state index contributed by atoms with van der Waals surface area (Å²) in [5, 5.41) is 9.15. The summed E-state index contributed by atoms with van der Waals surface area (Å²) in [7, 11) is 0. The number of nitriles is 1. The van der Waals surface area contributed by atoms with Crippen LogP contribution in [0.15, 0.2) is 36.9 Å². The third-order valence-electron chi connectivity index (χ3n) is 2.40. The first-order valence-electron chi connectivity index (χ1n) is 4.87. The van der Waals surface area contributed by atoms with Crippen LogP contribution in [0.4, 0.5) is 0 Å². The molecule has 1 aromatic carbocycles. The normalized spacial score (nSPS) is 9.87. The molecular weight excluding hydrogens is 186 g/mol. The number of hydrogen-bond acceptors (Lipinski definition) is 2. The van der Waals surface area contributed by atoms with E-state index < -0.39 is 0 Å². The number of aromatic nitrogens is 2. The Balaban J connectivity index is 2.63. The van der Waals surface area contributed by atoms with Crippen molar-refractivity contribution < 1.29 is 0 Å². The molecular formula is C12H11N3. The standard InChI is InChI=1S/C12H11N3/c1-2-10-4-3-5-12(11(10)8-13)15-7-6-14-9-15/h3-7,9H,2H2,1H3. The lowest BCUT2D eigenvalue weighted by Gasteiger charge is -2.07. The fourth-order valence-electron chi connectivity index (χ4n) is 1.63. The number of aryl methyl sites for hydroxylation is 1. The Morgan fingerprint density at radius 1 is 1.47 bits per heavy atom. The molecule has 0 spiro atoms. The van der Waals surface area contributed by atoms with Gasteiger partial charge >= 0.3 is 0 Å². The van der Waals surface area contributed by atoms with Crippen LogP contribution in [-0.2, 0) is 6.42 Å². The van der Waals surface area contributed by atoms with Crippen molar-refractivity contribution >= 4 is 0 Å². The number of hydrogen-bond donors (Lipinski definition) is 0. The predicted molar refractivity (Wildman–Crippen MR) is 57.7 cm³/mol. The summed E-state index contributed by atoms with van der Waals surface area (Å²) in [4.78, 5) is 3.98. The van der Waals surface area contributed by atoms with Crippen molar-refractivity contribution in [3.63, 3.8) is 0 Å². The van der Waals surface area contributed by atoms with Crippen molar-refractivity contribution in [1.29, 1.82) is 5.26 Å². The first-order valence-corrected chi connectivity index (χ1v) is 4.87. The Kier molecular flexibility index (Phi) is 2.51. The van der Waals surface area contributed by atoms with Crippen molar-refractivity contribution in [2.24, 2.45) is 0 Å². The summed E-state index contributed by atoms with van der Waals surface area (Å²) < 4.78 is 1.86. The molecule has 0 amide bonds. The van der Waals surface area contributed by atoms with E-state index in [4.69, 9.17) is 5.26 Å². The van der Waals surface area contributed by atoms with E-state index in [2.05, 4.69) is 11.1 Å². The third kappa shape index (κ3) is 1.62. The number of benzene rings is 1. The van der Waals surface area contributed by atoms with E-state index in [9.17, 15) is 0 Å². The van der Waals surface area contributed by atoms with Gasteiger partial charge in [-0.3, -0.25) is 0 Å². The highest BCUT2D eigenvalue weighted by atomic mass is 15.0. The number of imidazole rings is 1. The average Bonchev–Trinajstić information content (AvgIpc) is 2.81. The summed E-state index contributed by atoms with van der Waals surface area (Å²) in [5.41, 5.74) is 2.70. The van der Waals surface area contributed by atoms with Gasteiger partial charge in [0.15, 0.2) is 0 Å². The zero-order valence-electron chi connectivity index (χ0n) is 8.51. The van der Waals surface area contributed by atoms with Crippen LogP contribution in [0.25, 0.3) is 5.69 Å². The largest absolute Gasteiger partial charge is 0.305 e. The first kappa shape index (κ1) is 9.47. The van der Waals surface area contributed by atoms with Gasteiger partial charge in [0.05, 0.1) is 17.6 Å². The topological polar surface area (TPSA) is 41.6 Å². The molecule has 2 rings (SSSR count). The molecule has 0 radical (unpaired) electrons. The summed E-state index contributed by atoms with van der Waals surface area (Å²) in [6.45, 7) is 2.05. The monoisotopic (exact) mass is 197 g/mol. The Bertz CT molecular complexity index is 492. The highest BCUT2D eigenvalue weighted by Gasteiger charge is 2.07. The minimum Gasteiger partial charge on any atom is -0.305 e. The smallest absolute Gasteiger partial charge is 0.102 e. The molecule has 0 N–H and O–H groups in total. The van der Waals surface area contributed by atoms with Crippen LogP contribution in [-0.4, -0.2) is 9.55 Å². The second kappa shape index (κ2) is 3.97. The number of rotatable bonds is 2. The van der Waals surface area contributed by atoms with Crippen molar-refractivity contribution in [2.75, 3.05) is 0 Å². The highest BCUT2D eigenvalue weighted by Crippen LogP contribution is 2.18. The molecule has 3 nitrogen and oxygen atoms in total. The maximum absolute atomic E-state index is 9.15. The second-order valence-corrected chi connectivity index (χ2v) is 3.25. The maximum atomic E-state index is 9.15. The van der Waals surface area contributed by atoms with Gasteiger partial charge in [-0.1, -0.05) is 19.1 Å². The van der Waals surface area contributed by atoms with Crippen molar-refractivity contribution in [2.45, 2.75) is 13.3 Å². The maximum Gasteiger partial charge on any atom is 0.102 e. The fourth-order valence-corrected chi connectivity index (χ4v) is 1.63. The van der Waals surface area contributed by atoms with Crippen LogP contribution in [0.3, 0.4) is 0 Å². The predicted octanol–water partition coefficient (Wildman–Crippen LogP) is 2.31. The SMILES string of the molecule is CCc1cccc(-n2ccnc2)c1C#N. The van der Waals surface area contributed by atoms with Crippen LogP contribution in [0.2, 0.25) is 0 Å². The summed E-state index contributed by atoms with van der Waals surface area (Å²) in [6.07, 6.45) is 6.12. The molecule has 0 saturated heterocycles. The average molecular weight is 197 g/mol. The van der Waals surface area contributed by atoms with Gasteiger partial charge in [0.25, 0.3) is 0 Å². The number of nitrogens with zero attached hydrogens (tertiary/aromatic N) is 3. The molecule has 0 aliphatic carbocycles. The second-order valence-electron chi connectivity index (χ2n) is 3.25. The lowest BCUT2D eigenvalue weighted by atomic mass is 10.0. The summed E-state index contributed by atoms with van der Waals surface area (Å²) in [6, 6.07) is 8.14. The van der Waals surface area contributed by atoms with Crippen molar-refractivity contribution in [3.05, 3.63) is 48.0 Å². The van der Waals surface area contributed by atoms with Crippen molar-refractivity contribution in [3.8, 4) is 11.8 Å². The minimum absolute atomic E-state index is 0.734. The molecule has 0 fully saturated rings.